The zero-order valence-corrected chi connectivity index (χ0v) is 22.4. The molecule has 2 aromatic rings. The van der Waals surface area contributed by atoms with E-state index in [-0.39, 0.29) is 17.7 Å². The zero-order valence-electron chi connectivity index (χ0n) is 22.4. The molecule has 0 spiro atoms. The quantitative estimate of drug-likeness (QED) is 0.619. The predicted octanol–water partition coefficient (Wildman–Crippen LogP) is 4.76. The van der Waals surface area contributed by atoms with Crippen LogP contribution in [0.25, 0.3) is 0 Å². The second-order valence-electron chi connectivity index (χ2n) is 10.7. The number of aryl methyl sites for hydroxylation is 2. The van der Waals surface area contributed by atoms with Crippen LogP contribution in [0.15, 0.2) is 30.6 Å². The van der Waals surface area contributed by atoms with Crippen LogP contribution in [-0.2, 0) is 11.3 Å². The molecule has 194 valence electrons. The summed E-state index contributed by atoms with van der Waals surface area (Å²) in [6.45, 7) is 11.7. The fourth-order valence-electron chi connectivity index (χ4n) is 5.57. The Labute approximate surface area is 215 Å². The van der Waals surface area contributed by atoms with Crippen molar-refractivity contribution in [2.45, 2.75) is 78.8 Å². The first-order chi connectivity index (χ1) is 17.3. The van der Waals surface area contributed by atoms with Gasteiger partial charge in [-0.1, -0.05) is 37.5 Å². The highest BCUT2D eigenvalue weighted by atomic mass is 16.2. The molecular formula is C29H41N5O2. The molecule has 2 aliphatic rings. The molecule has 1 saturated carbocycles. The standard InChI is InChI=1S/C29H41N5O2/c1-21(2)32-14-9-15-34(28(35)24-11-6-5-7-12-24)27-22(3)10-8-13-25(27)20-33(17-16-32)29(36)26-19-30-23(4)18-31-26/h8,10,13,18-19,21,24H,5-7,9,11-12,14-17,20H2,1-4H3. The van der Waals surface area contributed by atoms with Crippen molar-refractivity contribution in [2.75, 3.05) is 31.1 Å². The molecule has 0 atom stereocenters. The van der Waals surface area contributed by atoms with Crippen LogP contribution in [-0.4, -0.2) is 63.8 Å². The van der Waals surface area contributed by atoms with E-state index < -0.39 is 0 Å². The first-order valence-corrected chi connectivity index (χ1v) is 13.6. The molecule has 0 saturated heterocycles. The minimum absolute atomic E-state index is 0.0955. The summed E-state index contributed by atoms with van der Waals surface area (Å²) in [5, 5.41) is 0. The fraction of sp³-hybridized carbons (Fsp3) is 0.586. The van der Waals surface area contributed by atoms with Gasteiger partial charge in [0, 0.05) is 50.9 Å². The van der Waals surface area contributed by atoms with E-state index in [9.17, 15) is 9.59 Å². The molecule has 7 heteroatoms. The summed E-state index contributed by atoms with van der Waals surface area (Å²) in [6.07, 6.45) is 9.56. The SMILES string of the molecule is Cc1cnc(C(=O)N2CCN(C(C)C)CCCN(C(=O)C3CCCCC3)c3c(C)cccc3C2)cn1. The van der Waals surface area contributed by atoms with Crippen molar-refractivity contribution >= 4 is 17.5 Å². The van der Waals surface area contributed by atoms with Gasteiger partial charge in [0.25, 0.3) is 5.91 Å². The number of rotatable bonds is 3. The third-order valence-electron chi connectivity index (χ3n) is 7.67. The summed E-state index contributed by atoms with van der Waals surface area (Å²) in [5.41, 5.74) is 4.23. The van der Waals surface area contributed by atoms with Gasteiger partial charge in [-0.05, 0) is 58.1 Å². The van der Waals surface area contributed by atoms with Gasteiger partial charge in [0.15, 0.2) is 0 Å². The van der Waals surface area contributed by atoms with Crippen LogP contribution in [0.5, 0.6) is 0 Å². The monoisotopic (exact) mass is 491 g/mol. The lowest BCUT2D eigenvalue weighted by Gasteiger charge is -2.33. The first kappa shape index (κ1) is 26.3. The molecule has 1 aromatic heterocycles. The predicted molar refractivity (Wildman–Crippen MR) is 143 cm³/mol. The highest BCUT2D eigenvalue weighted by Gasteiger charge is 2.30. The molecular weight excluding hydrogens is 450 g/mol. The number of benzene rings is 1. The average molecular weight is 492 g/mol. The van der Waals surface area contributed by atoms with Gasteiger partial charge in [-0.25, -0.2) is 4.98 Å². The molecule has 4 rings (SSSR count). The molecule has 2 amide bonds. The van der Waals surface area contributed by atoms with Crippen LogP contribution in [0, 0.1) is 19.8 Å². The summed E-state index contributed by atoms with van der Waals surface area (Å²) in [4.78, 5) is 42.5. The fourth-order valence-corrected chi connectivity index (χ4v) is 5.57. The Kier molecular flexibility index (Phi) is 8.72. The number of hydrogen-bond acceptors (Lipinski definition) is 5. The number of carbonyl (C=O) groups is 2. The van der Waals surface area contributed by atoms with E-state index in [4.69, 9.17) is 0 Å². The summed E-state index contributed by atoms with van der Waals surface area (Å²) in [6, 6.07) is 6.54. The van der Waals surface area contributed by atoms with E-state index in [1.807, 2.05) is 17.9 Å². The molecule has 0 radical (unpaired) electrons. The van der Waals surface area contributed by atoms with Crippen molar-refractivity contribution in [1.29, 1.82) is 0 Å². The largest absolute Gasteiger partial charge is 0.332 e. The highest BCUT2D eigenvalue weighted by molar-refractivity contribution is 5.97. The number of para-hydroxylation sites is 1. The summed E-state index contributed by atoms with van der Waals surface area (Å²) >= 11 is 0. The lowest BCUT2D eigenvalue weighted by atomic mass is 9.87. The van der Waals surface area contributed by atoms with Crippen molar-refractivity contribution in [3.8, 4) is 0 Å². The van der Waals surface area contributed by atoms with E-state index in [2.05, 4.69) is 52.7 Å². The lowest BCUT2D eigenvalue weighted by molar-refractivity contribution is -0.123. The van der Waals surface area contributed by atoms with Crippen molar-refractivity contribution < 1.29 is 9.59 Å². The van der Waals surface area contributed by atoms with Crippen LogP contribution in [0.4, 0.5) is 5.69 Å². The second kappa shape index (κ2) is 12.0. The van der Waals surface area contributed by atoms with Crippen molar-refractivity contribution in [1.82, 2.24) is 19.8 Å². The third-order valence-corrected chi connectivity index (χ3v) is 7.67. The maximum absolute atomic E-state index is 13.9. The molecule has 2 heterocycles. The number of nitrogens with zero attached hydrogens (tertiary/aromatic N) is 5. The van der Waals surface area contributed by atoms with E-state index in [0.717, 1.165) is 67.7 Å². The van der Waals surface area contributed by atoms with Gasteiger partial charge in [0.1, 0.15) is 5.69 Å². The van der Waals surface area contributed by atoms with Gasteiger partial charge in [-0.15, -0.1) is 0 Å². The highest BCUT2D eigenvalue weighted by Crippen LogP contribution is 2.32. The molecule has 1 fully saturated rings. The smallest absolute Gasteiger partial charge is 0.274 e. The molecule has 0 unspecified atom stereocenters. The topological polar surface area (TPSA) is 69.6 Å². The summed E-state index contributed by atoms with van der Waals surface area (Å²) in [7, 11) is 0. The van der Waals surface area contributed by atoms with Crippen molar-refractivity contribution in [2.24, 2.45) is 5.92 Å². The van der Waals surface area contributed by atoms with Crippen LogP contribution in [0.2, 0.25) is 0 Å². The van der Waals surface area contributed by atoms with Gasteiger partial charge in [-0.3, -0.25) is 19.5 Å². The number of fused-ring (bicyclic) bond motifs is 1. The molecule has 7 nitrogen and oxygen atoms in total. The Balaban J connectivity index is 1.72. The van der Waals surface area contributed by atoms with Crippen LogP contribution < -0.4 is 4.90 Å². The Morgan fingerprint density at radius 1 is 0.917 bits per heavy atom. The average Bonchev–Trinajstić information content (AvgIpc) is 2.91. The third kappa shape index (κ3) is 6.12. The van der Waals surface area contributed by atoms with E-state index in [1.165, 1.54) is 6.42 Å². The normalized spacial score (nSPS) is 18.6. The van der Waals surface area contributed by atoms with Gasteiger partial charge < -0.3 is 9.80 Å². The molecule has 1 aliphatic heterocycles. The van der Waals surface area contributed by atoms with E-state index in [0.29, 0.717) is 31.4 Å². The van der Waals surface area contributed by atoms with Crippen molar-refractivity contribution in [3.63, 3.8) is 0 Å². The minimum Gasteiger partial charge on any atom is -0.332 e. The van der Waals surface area contributed by atoms with Crippen LogP contribution in [0.3, 0.4) is 0 Å². The lowest BCUT2D eigenvalue weighted by Crippen LogP contribution is -2.42. The Morgan fingerprint density at radius 3 is 2.39 bits per heavy atom. The minimum atomic E-state index is -0.122. The number of amides is 2. The zero-order chi connectivity index (χ0) is 25.7. The Morgan fingerprint density at radius 2 is 1.69 bits per heavy atom. The number of anilines is 1. The van der Waals surface area contributed by atoms with E-state index in [1.54, 1.807) is 12.4 Å². The molecule has 0 bridgehead atoms. The van der Waals surface area contributed by atoms with Gasteiger partial charge >= 0.3 is 0 Å². The maximum Gasteiger partial charge on any atom is 0.274 e. The second-order valence-corrected chi connectivity index (χ2v) is 10.7. The Bertz CT molecular complexity index is 1050. The maximum atomic E-state index is 13.9. The molecule has 36 heavy (non-hydrogen) atoms. The van der Waals surface area contributed by atoms with Gasteiger partial charge in [0.2, 0.25) is 5.91 Å². The van der Waals surface area contributed by atoms with Gasteiger partial charge in [0.05, 0.1) is 17.6 Å². The first-order valence-electron chi connectivity index (χ1n) is 13.6. The van der Waals surface area contributed by atoms with Gasteiger partial charge in [-0.2, -0.15) is 0 Å². The number of aromatic nitrogens is 2. The van der Waals surface area contributed by atoms with E-state index >= 15 is 0 Å². The number of hydrogen-bond donors (Lipinski definition) is 0. The van der Waals surface area contributed by atoms with Crippen LogP contribution in [0.1, 0.15) is 79.7 Å². The van der Waals surface area contributed by atoms with Crippen LogP contribution >= 0.6 is 0 Å². The molecule has 1 aliphatic carbocycles. The molecule has 0 N–H and O–H groups in total. The molecule has 1 aromatic carbocycles. The summed E-state index contributed by atoms with van der Waals surface area (Å²) in [5.74, 6) is 0.226. The summed E-state index contributed by atoms with van der Waals surface area (Å²) < 4.78 is 0. The van der Waals surface area contributed by atoms with Crippen molar-refractivity contribution in [3.05, 3.63) is 53.1 Å². The number of carbonyl (C=O) groups excluding carboxylic acids is 2. The Hall–Kier alpha value is -2.80.